The van der Waals surface area contributed by atoms with E-state index in [1.165, 1.54) is 0 Å². The van der Waals surface area contributed by atoms with Gasteiger partial charge < -0.3 is 4.74 Å². The molecule has 10 heavy (non-hydrogen) atoms. The standard InChI is InChI=1S/C7H8O.C2H6/c1-8-7-5-3-2-4-6-7;1-2/h2-6H,1H3;1-2H3. The van der Waals surface area contributed by atoms with Crippen molar-refractivity contribution in [1.29, 1.82) is 0 Å². The SMILES string of the molecule is CC.COc1ccccc1. The van der Waals surface area contributed by atoms with Gasteiger partial charge in [-0.15, -0.1) is 0 Å². The molecular weight excluding hydrogens is 124 g/mol. The third-order valence-corrected chi connectivity index (χ3v) is 0.979. The maximum Gasteiger partial charge on any atom is 0.118 e. The first-order valence-corrected chi connectivity index (χ1v) is 3.52. The van der Waals surface area contributed by atoms with Crippen molar-refractivity contribution in [3.63, 3.8) is 0 Å². The number of para-hydroxylation sites is 1. The first-order valence-electron chi connectivity index (χ1n) is 3.52. The lowest BCUT2D eigenvalue weighted by molar-refractivity contribution is 0.415. The molecule has 1 aromatic rings. The van der Waals surface area contributed by atoms with Gasteiger partial charge >= 0.3 is 0 Å². The van der Waals surface area contributed by atoms with Gasteiger partial charge in [-0.3, -0.25) is 0 Å². The van der Waals surface area contributed by atoms with Gasteiger partial charge in [-0.05, 0) is 12.1 Å². The van der Waals surface area contributed by atoms with Gasteiger partial charge in [0.25, 0.3) is 0 Å². The highest BCUT2D eigenvalue weighted by molar-refractivity contribution is 5.20. The highest BCUT2D eigenvalue weighted by Gasteiger charge is 1.80. The van der Waals surface area contributed by atoms with Gasteiger partial charge in [-0.1, -0.05) is 32.0 Å². The number of hydrogen-bond donors (Lipinski definition) is 0. The molecule has 0 unspecified atom stereocenters. The van der Waals surface area contributed by atoms with E-state index in [-0.39, 0.29) is 0 Å². The van der Waals surface area contributed by atoms with Crippen LogP contribution in [0.2, 0.25) is 0 Å². The second-order valence-corrected chi connectivity index (χ2v) is 1.52. The van der Waals surface area contributed by atoms with Crippen molar-refractivity contribution >= 4 is 0 Å². The Morgan fingerprint density at radius 1 is 1.00 bits per heavy atom. The van der Waals surface area contributed by atoms with Gasteiger partial charge in [-0.25, -0.2) is 0 Å². The molecule has 0 spiro atoms. The summed E-state index contributed by atoms with van der Waals surface area (Å²) in [6, 6.07) is 9.68. The second-order valence-electron chi connectivity index (χ2n) is 1.52. The molecule has 0 aromatic heterocycles. The van der Waals surface area contributed by atoms with Crippen LogP contribution in [0.25, 0.3) is 0 Å². The van der Waals surface area contributed by atoms with Gasteiger partial charge in [0.2, 0.25) is 0 Å². The lowest BCUT2D eigenvalue weighted by Crippen LogP contribution is -1.78. The minimum Gasteiger partial charge on any atom is -0.497 e. The van der Waals surface area contributed by atoms with Crippen LogP contribution in [0.3, 0.4) is 0 Å². The zero-order valence-corrected chi connectivity index (χ0v) is 6.79. The number of benzene rings is 1. The summed E-state index contributed by atoms with van der Waals surface area (Å²) in [5.74, 6) is 0.910. The third-order valence-electron chi connectivity index (χ3n) is 0.979. The molecule has 0 radical (unpaired) electrons. The molecule has 0 aliphatic carbocycles. The van der Waals surface area contributed by atoms with Crippen molar-refractivity contribution in [2.45, 2.75) is 13.8 Å². The van der Waals surface area contributed by atoms with E-state index >= 15 is 0 Å². The summed E-state index contributed by atoms with van der Waals surface area (Å²) < 4.78 is 4.91. The molecule has 1 rings (SSSR count). The van der Waals surface area contributed by atoms with Crippen molar-refractivity contribution < 1.29 is 4.74 Å². The van der Waals surface area contributed by atoms with E-state index in [9.17, 15) is 0 Å². The molecule has 0 heterocycles. The first-order chi connectivity index (χ1) is 4.93. The lowest BCUT2D eigenvalue weighted by Gasteiger charge is -1.93. The van der Waals surface area contributed by atoms with Crippen LogP contribution in [0.15, 0.2) is 30.3 Å². The minimum atomic E-state index is 0.910. The maximum atomic E-state index is 4.91. The van der Waals surface area contributed by atoms with Crippen LogP contribution in [0, 0.1) is 0 Å². The first kappa shape index (κ1) is 9.02. The van der Waals surface area contributed by atoms with Gasteiger partial charge in [-0.2, -0.15) is 0 Å². The number of ether oxygens (including phenoxy) is 1. The topological polar surface area (TPSA) is 9.23 Å². The van der Waals surface area contributed by atoms with Crippen molar-refractivity contribution in [3.8, 4) is 5.75 Å². The van der Waals surface area contributed by atoms with Crippen molar-refractivity contribution in [2.75, 3.05) is 7.11 Å². The van der Waals surface area contributed by atoms with E-state index in [2.05, 4.69) is 0 Å². The van der Waals surface area contributed by atoms with Crippen LogP contribution in [0.4, 0.5) is 0 Å². The average Bonchev–Trinajstić information content (AvgIpc) is 2.10. The zero-order chi connectivity index (χ0) is 7.82. The fourth-order valence-electron chi connectivity index (χ4n) is 0.557. The Morgan fingerprint density at radius 3 is 1.80 bits per heavy atom. The Bertz CT molecular complexity index is 146. The van der Waals surface area contributed by atoms with E-state index in [0.29, 0.717) is 0 Å². The van der Waals surface area contributed by atoms with Crippen LogP contribution in [-0.2, 0) is 0 Å². The van der Waals surface area contributed by atoms with Crippen LogP contribution >= 0.6 is 0 Å². The Morgan fingerprint density at radius 2 is 1.50 bits per heavy atom. The van der Waals surface area contributed by atoms with Gasteiger partial charge in [0.1, 0.15) is 5.75 Å². The predicted octanol–water partition coefficient (Wildman–Crippen LogP) is 2.72. The summed E-state index contributed by atoms with van der Waals surface area (Å²) in [5, 5.41) is 0. The Kier molecular flexibility index (Phi) is 5.54. The number of methoxy groups -OCH3 is 1. The Hall–Kier alpha value is -0.980. The quantitative estimate of drug-likeness (QED) is 0.579. The monoisotopic (exact) mass is 138 g/mol. The average molecular weight is 138 g/mol. The zero-order valence-electron chi connectivity index (χ0n) is 6.79. The number of hydrogen-bond acceptors (Lipinski definition) is 1. The molecule has 0 N–H and O–H groups in total. The van der Waals surface area contributed by atoms with Crippen molar-refractivity contribution in [3.05, 3.63) is 30.3 Å². The van der Waals surface area contributed by atoms with Crippen LogP contribution in [0.1, 0.15) is 13.8 Å². The molecule has 56 valence electrons. The highest BCUT2D eigenvalue weighted by atomic mass is 16.5. The molecule has 0 bridgehead atoms. The Balaban J connectivity index is 0.000000371. The third kappa shape index (κ3) is 3.13. The summed E-state index contributed by atoms with van der Waals surface area (Å²) in [6.07, 6.45) is 0. The normalized spacial score (nSPS) is 7.50. The summed E-state index contributed by atoms with van der Waals surface area (Å²) in [4.78, 5) is 0. The molecule has 1 nitrogen and oxygen atoms in total. The molecule has 0 amide bonds. The molecule has 0 saturated heterocycles. The molecule has 0 saturated carbocycles. The molecule has 1 aromatic carbocycles. The summed E-state index contributed by atoms with van der Waals surface area (Å²) >= 11 is 0. The largest absolute Gasteiger partial charge is 0.497 e. The van der Waals surface area contributed by atoms with Gasteiger partial charge in [0.05, 0.1) is 7.11 Å². The molecule has 1 heteroatoms. The number of rotatable bonds is 1. The molecule has 0 atom stereocenters. The minimum absolute atomic E-state index is 0.910. The van der Waals surface area contributed by atoms with E-state index in [1.54, 1.807) is 7.11 Å². The van der Waals surface area contributed by atoms with E-state index in [1.807, 2.05) is 44.2 Å². The fourth-order valence-corrected chi connectivity index (χ4v) is 0.557. The predicted molar refractivity (Wildman–Crippen MR) is 44.3 cm³/mol. The van der Waals surface area contributed by atoms with E-state index in [0.717, 1.165) is 5.75 Å². The molecule has 0 fully saturated rings. The summed E-state index contributed by atoms with van der Waals surface area (Å²) in [7, 11) is 1.66. The van der Waals surface area contributed by atoms with Crippen molar-refractivity contribution in [2.24, 2.45) is 0 Å². The van der Waals surface area contributed by atoms with Crippen LogP contribution < -0.4 is 4.74 Å². The Labute approximate surface area is 62.6 Å². The van der Waals surface area contributed by atoms with Crippen LogP contribution in [-0.4, -0.2) is 7.11 Å². The summed E-state index contributed by atoms with van der Waals surface area (Å²) in [5.41, 5.74) is 0. The van der Waals surface area contributed by atoms with E-state index in [4.69, 9.17) is 4.74 Å². The molecule has 0 aliphatic rings. The maximum absolute atomic E-state index is 4.91. The van der Waals surface area contributed by atoms with Crippen LogP contribution in [0.5, 0.6) is 5.75 Å². The molecular formula is C9H14O. The fraction of sp³-hybridized carbons (Fsp3) is 0.333. The van der Waals surface area contributed by atoms with Gasteiger partial charge in [0, 0.05) is 0 Å². The van der Waals surface area contributed by atoms with Gasteiger partial charge in [0.15, 0.2) is 0 Å². The molecule has 0 aliphatic heterocycles. The summed E-state index contributed by atoms with van der Waals surface area (Å²) in [6.45, 7) is 4.00. The lowest BCUT2D eigenvalue weighted by atomic mass is 10.3. The van der Waals surface area contributed by atoms with E-state index < -0.39 is 0 Å². The highest BCUT2D eigenvalue weighted by Crippen LogP contribution is 2.05. The second kappa shape index (κ2) is 6.14. The van der Waals surface area contributed by atoms with Crippen molar-refractivity contribution in [1.82, 2.24) is 0 Å². The smallest absolute Gasteiger partial charge is 0.118 e.